The minimum absolute atomic E-state index is 0.0128. The fraction of sp³-hybridized carbons (Fsp3) is 0.400. The molecule has 166 valence electrons. The van der Waals surface area contributed by atoms with Crippen molar-refractivity contribution in [1.82, 2.24) is 10.6 Å². The maximum absolute atomic E-state index is 12.4. The van der Waals surface area contributed by atoms with Gasteiger partial charge in [0.2, 0.25) is 11.8 Å². The van der Waals surface area contributed by atoms with Gasteiger partial charge < -0.3 is 16.0 Å². The first kappa shape index (κ1) is 24.1. The molecule has 3 amide bonds. The average Bonchev–Trinajstić information content (AvgIpc) is 2.72. The highest BCUT2D eigenvalue weighted by Gasteiger charge is 2.18. The highest BCUT2D eigenvalue weighted by atomic mass is 16.2. The summed E-state index contributed by atoms with van der Waals surface area (Å²) in [5.41, 5.74) is 3.31. The van der Waals surface area contributed by atoms with Crippen molar-refractivity contribution in [3.8, 4) is 0 Å². The van der Waals surface area contributed by atoms with E-state index in [1.54, 1.807) is 19.1 Å². The van der Waals surface area contributed by atoms with Gasteiger partial charge in [0, 0.05) is 24.2 Å². The summed E-state index contributed by atoms with van der Waals surface area (Å²) in [7, 11) is 0. The third-order valence-corrected chi connectivity index (χ3v) is 4.94. The second-order valence-electron chi connectivity index (χ2n) is 8.74. The van der Waals surface area contributed by atoms with Gasteiger partial charge in [-0.25, -0.2) is 0 Å². The molecule has 2 aromatic carbocycles. The Hall–Kier alpha value is -3.15. The number of amides is 3. The minimum Gasteiger partial charge on any atom is -0.350 e. The Balaban J connectivity index is 1.84. The topological polar surface area (TPSA) is 87.3 Å². The number of carbonyl (C=O) groups excluding carboxylic acids is 3. The molecule has 0 aromatic heterocycles. The summed E-state index contributed by atoms with van der Waals surface area (Å²) >= 11 is 0. The van der Waals surface area contributed by atoms with Crippen molar-refractivity contribution in [3.63, 3.8) is 0 Å². The molecule has 0 spiro atoms. The molecule has 0 aliphatic carbocycles. The van der Waals surface area contributed by atoms with Crippen LogP contribution < -0.4 is 16.0 Å². The molecule has 0 radical (unpaired) electrons. The lowest BCUT2D eigenvalue weighted by Gasteiger charge is -2.19. The van der Waals surface area contributed by atoms with Crippen molar-refractivity contribution >= 4 is 23.4 Å². The average molecular weight is 424 g/mol. The van der Waals surface area contributed by atoms with E-state index in [0.717, 1.165) is 23.2 Å². The van der Waals surface area contributed by atoms with Crippen LogP contribution in [0, 0.1) is 0 Å². The van der Waals surface area contributed by atoms with Gasteiger partial charge in [0.25, 0.3) is 5.91 Å². The molecule has 6 nitrogen and oxygen atoms in total. The third-order valence-electron chi connectivity index (χ3n) is 4.94. The summed E-state index contributed by atoms with van der Waals surface area (Å²) in [6.07, 6.45) is 1.29. The van der Waals surface area contributed by atoms with Crippen LogP contribution in [0.5, 0.6) is 0 Å². The number of nitrogens with one attached hydrogen (secondary N) is 3. The van der Waals surface area contributed by atoms with Crippen LogP contribution in [0.25, 0.3) is 0 Å². The summed E-state index contributed by atoms with van der Waals surface area (Å²) in [6.45, 7) is 10.3. The van der Waals surface area contributed by atoms with Gasteiger partial charge in [-0.3, -0.25) is 14.4 Å². The van der Waals surface area contributed by atoms with Crippen LogP contribution in [0.4, 0.5) is 5.69 Å². The third kappa shape index (κ3) is 7.55. The van der Waals surface area contributed by atoms with Crippen molar-refractivity contribution in [3.05, 3.63) is 65.2 Å². The molecule has 3 N–H and O–H groups in total. The van der Waals surface area contributed by atoms with Gasteiger partial charge in [-0.05, 0) is 54.2 Å². The molecule has 6 heteroatoms. The molecule has 0 bridgehead atoms. The SMILES string of the molecule is CCCC(=O)Nc1ccc(CNC(=O)C(C)NC(=O)c2ccc(C(C)(C)C)cc2)cc1. The predicted octanol–water partition coefficient (Wildman–Crippen LogP) is 4.16. The fourth-order valence-corrected chi connectivity index (χ4v) is 2.97. The highest BCUT2D eigenvalue weighted by molar-refractivity contribution is 5.97. The van der Waals surface area contributed by atoms with E-state index < -0.39 is 6.04 Å². The molecule has 0 saturated heterocycles. The maximum Gasteiger partial charge on any atom is 0.251 e. The number of benzene rings is 2. The van der Waals surface area contributed by atoms with Gasteiger partial charge in [0.1, 0.15) is 6.04 Å². The summed E-state index contributed by atoms with van der Waals surface area (Å²) in [5, 5.41) is 8.39. The molecule has 0 aliphatic rings. The van der Waals surface area contributed by atoms with Crippen molar-refractivity contribution in [2.24, 2.45) is 0 Å². The molecule has 2 aromatic rings. The van der Waals surface area contributed by atoms with Gasteiger partial charge in [-0.2, -0.15) is 0 Å². The first-order valence-corrected chi connectivity index (χ1v) is 10.7. The van der Waals surface area contributed by atoms with Crippen LogP contribution >= 0.6 is 0 Å². The Morgan fingerprint density at radius 2 is 1.55 bits per heavy atom. The zero-order valence-corrected chi connectivity index (χ0v) is 19.0. The highest BCUT2D eigenvalue weighted by Crippen LogP contribution is 2.22. The van der Waals surface area contributed by atoms with E-state index in [-0.39, 0.29) is 23.1 Å². The zero-order chi connectivity index (χ0) is 23.0. The lowest BCUT2D eigenvalue weighted by Crippen LogP contribution is -2.44. The Morgan fingerprint density at radius 1 is 0.935 bits per heavy atom. The summed E-state index contributed by atoms with van der Waals surface area (Å²) in [4.78, 5) is 36.4. The first-order chi connectivity index (χ1) is 14.6. The van der Waals surface area contributed by atoms with Crippen LogP contribution in [0.2, 0.25) is 0 Å². The molecule has 0 heterocycles. The van der Waals surface area contributed by atoms with Crippen LogP contribution in [-0.4, -0.2) is 23.8 Å². The Bertz CT molecular complexity index is 897. The van der Waals surface area contributed by atoms with Gasteiger partial charge in [-0.1, -0.05) is 52.0 Å². The lowest BCUT2D eigenvalue weighted by atomic mass is 9.86. The fourth-order valence-electron chi connectivity index (χ4n) is 2.97. The van der Waals surface area contributed by atoms with Crippen LogP contribution in [0.3, 0.4) is 0 Å². The molecule has 1 atom stereocenters. The number of hydrogen-bond donors (Lipinski definition) is 3. The van der Waals surface area contributed by atoms with Gasteiger partial charge in [0.15, 0.2) is 0 Å². The monoisotopic (exact) mass is 423 g/mol. The summed E-state index contributed by atoms with van der Waals surface area (Å²) in [6, 6.07) is 14.1. The molecule has 31 heavy (non-hydrogen) atoms. The largest absolute Gasteiger partial charge is 0.350 e. The summed E-state index contributed by atoms with van der Waals surface area (Å²) < 4.78 is 0. The van der Waals surface area contributed by atoms with Crippen molar-refractivity contribution in [1.29, 1.82) is 0 Å². The normalized spacial score (nSPS) is 12.0. The van der Waals surface area contributed by atoms with E-state index in [9.17, 15) is 14.4 Å². The standard InChI is InChI=1S/C25H33N3O3/c1-6-7-22(29)28-21-14-8-18(9-15-21)16-26-23(30)17(2)27-24(31)19-10-12-20(13-11-19)25(3,4)5/h8-15,17H,6-7,16H2,1-5H3,(H,26,30)(H,27,31)(H,28,29). The number of hydrogen-bond acceptors (Lipinski definition) is 3. The minimum atomic E-state index is -0.664. The van der Waals surface area contributed by atoms with Crippen LogP contribution in [0.1, 0.15) is 68.9 Å². The number of rotatable bonds is 8. The molecular weight excluding hydrogens is 390 g/mol. The Labute approximate surface area is 184 Å². The first-order valence-electron chi connectivity index (χ1n) is 10.7. The molecule has 1 unspecified atom stereocenters. The van der Waals surface area contributed by atoms with E-state index >= 15 is 0 Å². The van der Waals surface area contributed by atoms with Crippen molar-refractivity contribution in [2.45, 2.75) is 65.5 Å². The van der Waals surface area contributed by atoms with Crippen molar-refractivity contribution in [2.75, 3.05) is 5.32 Å². The molecule has 2 rings (SSSR count). The smallest absolute Gasteiger partial charge is 0.251 e. The van der Waals surface area contributed by atoms with E-state index in [4.69, 9.17) is 0 Å². The molecular formula is C25H33N3O3. The van der Waals surface area contributed by atoms with Crippen LogP contribution in [-0.2, 0) is 21.5 Å². The van der Waals surface area contributed by atoms with E-state index in [0.29, 0.717) is 18.5 Å². The lowest BCUT2D eigenvalue weighted by molar-refractivity contribution is -0.122. The Morgan fingerprint density at radius 3 is 2.10 bits per heavy atom. The van der Waals surface area contributed by atoms with E-state index in [2.05, 4.69) is 36.7 Å². The maximum atomic E-state index is 12.4. The van der Waals surface area contributed by atoms with Gasteiger partial charge in [0.05, 0.1) is 0 Å². The van der Waals surface area contributed by atoms with Gasteiger partial charge >= 0.3 is 0 Å². The van der Waals surface area contributed by atoms with Crippen molar-refractivity contribution < 1.29 is 14.4 Å². The second-order valence-corrected chi connectivity index (χ2v) is 8.74. The molecule has 0 aliphatic heterocycles. The number of carbonyl (C=O) groups is 3. The van der Waals surface area contributed by atoms with Crippen LogP contribution in [0.15, 0.2) is 48.5 Å². The predicted molar refractivity (Wildman–Crippen MR) is 124 cm³/mol. The second kappa shape index (κ2) is 10.8. The van der Waals surface area contributed by atoms with E-state index in [1.807, 2.05) is 43.3 Å². The van der Waals surface area contributed by atoms with E-state index in [1.165, 1.54) is 0 Å². The van der Waals surface area contributed by atoms with Gasteiger partial charge in [-0.15, -0.1) is 0 Å². The quantitative estimate of drug-likeness (QED) is 0.596. The number of anilines is 1. The Kier molecular flexibility index (Phi) is 8.37. The summed E-state index contributed by atoms with van der Waals surface area (Å²) in [5.74, 6) is -0.559. The molecule has 0 saturated carbocycles. The molecule has 0 fully saturated rings. The zero-order valence-electron chi connectivity index (χ0n) is 19.0.